The minimum absolute atomic E-state index is 0.0320. The summed E-state index contributed by atoms with van der Waals surface area (Å²) in [6, 6.07) is 12.1. The molecule has 0 amide bonds. The van der Waals surface area contributed by atoms with E-state index in [1.165, 1.54) is 6.07 Å². The van der Waals surface area contributed by atoms with Crippen molar-refractivity contribution in [2.45, 2.75) is 6.92 Å². The molecule has 118 valence electrons. The molecule has 0 aliphatic heterocycles. The van der Waals surface area contributed by atoms with E-state index in [0.29, 0.717) is 16.8 Å². The van der Waals surface area contributed by atoms with Gasteiger partial charge in [0.2, 0.25) is 5.58 Å². The molecule has 7 heteroatoms. The third kappa shape index (κ3) is 2.14. The van der Waals surface area contributed by atoms with Crippen LogP contribution in [0.3, 0.4) is 0 Å². The highest BCUT2D eigenvalue weighted by Crippen LogP contribution is 2.29. The molecule has 24 heavy (non-hydrogen) atoms. The summed E-state index contributed by atoms with van der Waals surface area (Å²) in [5, 5.41) is 11.7. The van der Waals surface area contributed by atoms with Gasteiger partial charge in [-0.2, -0.15) is 0 Å². The number of H-pyrrole nitrogens is 1. The van der Waals surface area contributed by atoms with Crippen LogP contribution in [-0.2, 0) is 0 Å². The highest BCUT2D eigenvalue weighted by atomic mass is 16.6. The number of hydrogen-bond donors (Lipinski definition) is 1. The van der Waals surface area contributed by atoms with E-state index in [1.807, 2.05) is 24.3 Å². The number of hydrogen-bond acceptors (Lipinski definition) is 5. The van der Waals surface area contributed by atoms with Crippen molar-refractivity contribution < 1.29 is 9.34 Å². The fourth-order valence-electron chi connectivity index (χ4n) is 2.74. The van der Waals surface area contributed by atoms with Crippen molar-refractivity contribution in [3.8, 4) is 11.4 Å². The maximum Gasteiger partial charge on any atom is 0.347 e. The molecule has 2 aromatic heterocycles. The van der Waals surface area contributed by atoms with Crippen molar-refractivity contribution in [1.29, 1.82) is 0 Å². The van der Waals surface area contributed by atoms with Crippen LogP contribution in [0.4, 0.5) is 5.69 Å². The van der Waals surface area contributed by atoms with Crippen LogP contribution >= 0.6 is 0 Å². The zero-order valence-corrected chi connectivity index (χ0v) is 12.6. The number of rotatable bonds is 2. The van der Waals surface area contributed by atoms with Gasteiger partial charge >= 0.3 is 11.3 Å². The quantitative estimate of drug-likeness (QED) is 0.345. The molecule has 2 heterocycles. The molecule has 0 fully saturated rings. The molecule has 0 saturated carbocycles. The zero-order chi connectivity index (χ0) is 16.8. The van der Waals surface area contributed by atoms with Gasteiger partial charge in [-0.15, -0.1) is 0 Å². The van der Waals surface area contributed by atoms with E-state index < -0.39 is 10.5 Å². The normalized spacial score (nSPS) is 11.2. The third-order valence-electron chi connectivity index (χ3n) is 3.80. The van der Waals surface area contributed by atoms with Crippen LogP contribution in [0.25, 0.3) is 33.4 Å². The lowest BCUT2D eigenvalue weighted by Gasteiger charge is -2.02. The van der Waals surface area contributed by atoms with Crippen LogP contribution in [0.15, 0.2) is 51.7 Å². The molecule has 0 radical (unpaired) electrons. The second kappa shape index (κ2) is 5.02. The first-order valence-electron chi connectivity index (χ1n) is 7.21. The van der Waals surface area contributed by atoms with Gasteiger partial charge in [0.25, 0.3) is 0 Å². The molecule has 1 N–H and O–H groups in total. The minimum atomic E-state index is -0.673. The second-order valence-electron chi connectivity index (χ2n) is 5.51. The molecule has 0 unspecified atom stereocenters. The lowest BCUT2D eigenvalue weighted by atomic mass is 10.1. The zero-order valence-electron chi connectivity index (χ0n) is 12.6. The van der Waals surface area contributed by atoms with Crippen LogP contribution in [0.1, 0.15) is 5.56 Å². The van der Waals surface area contributed by atoms with Crippen LogP contribution in [0.5, 0.6) is 0 Å². The number of nitro groups is 1. The fourth-order valence-corrected chi connectivity index (χ4v) is 2.74. The van der Waals surface area contributed by atoms with E-state index in [2.05, 4.69) is 9.97 Å². The highest BCUT2D eigenvalue weighted by molar-refractivity contribution is 5.89. The summed E-state index contributed by atoms with van der Waals surface area (Å²) in [5.41, 5.74) is 1.53. The third-order valence-corrected chi connectivity index (χ3v) is 3.80. The number of benzene rings is 2. The predicted molar refractivity (Wildman–Crippen MR) is 89.0 cm³/mol. The van der Waals surface area contributed by atoms with Crippen molar-refractivity contribution in [3.05, 3.63) is 68.6 Å². The summed E-state index contributed by atoms with van der Waals surface area (Å²) in [5.74, 6) is 0.371. The molecule has 0 aliphatic rings. The van der Waals surface area contributed by atoms with Gasteiger partial charge in [0.1, 0.15) is 11.4 Å². The number of nitrogens with zero attached hydrogens (tertiary/aromatic N) is 2. The average Bonchev–Trinajstić information content (AvgIpc) is 2.97. The Labute approximate surface area is 134 Å². The van der Waals surface area contributed by atoms with Crippen molar-refractivity contribution in [3.63, 3.8) is 0 Å². The molecule has 0 spiro atoms. The van der Waals surface area contributed by atoms with E-state index in [-0.39, 0.29) is 16.8 Å². The Hall–Kier alpha value is -3.48. The summed E-state index contributed by atoms with van der Waals surface area (Å²) >= 11 is 0. The number of fused-ring (bicyclic) bond motifs is 2. The number of nitro benzene ring substituents is 1. The number of aryl methyl sites for hydroxylation is 1. The monoisotopic (exact) mass is 321 g/mol. The van der Waals surface area contributed by atoms with Crippen molar-refractivity contribution in [1.82, 2.24) is 9.97 Å². The first-order chi connectivity index (χ1) is 11.5. The number of nitrogens with one attached hydrogen (secondary N) is 1. The average molecular weight is 321 g/mol. The summed E-state index contributed by atoms with van der Waals surface area (Å²) in [4.78, 5) is 30.4. The fraction of sp³-hybridized carbons (Fsp3) is 0.0588. The molecular formula is C17H11N3O4. The Bertz CT molecular complexity index is 1140. The Kier molecular flexibility index (Phi) is 2.96. The standard InChI is InChI=1S/C17H11N3O4/c1-9-6-10-8-11(16-18-12-4-2-3-5-13(12)19-16)17(21)24-15(10)14(7-9)20(22)23/h2-8H,1H3,(H,18,19). The van der Waals surface area contributed by atoms with Gasteiger partial charge in [-0.1, -0.05) is 12.1 Å². The maximum atomic E-state index is 12.3. The first kappa shape index (κ1) is 14.1. The molecule has 7 nitrogen and oxygen atoms in total. The van der Waals surface area contributed by atoms with Gasteiger partial charge < -0.3 is 9.40 Å². The molecule has 0 atom stereocenters. The maximum absolute atomic E-state index is 12.3. The Morgan fingerprint density at radius 3 is 2.75 bits per heavy atom. The summed E-state index contributed by atoms with van der Waals surface area (Å²) in [7, 11) is 0. The Balaban J connectivity index is 2.01. The number of non-ortho nitro benzene ring substituents is 1. The molecule has 2 aromatic carbocycles. The van der Waals surface area contributed by atoms with E-state index in [0.717, 1.165) is 11.0 Å². The van der Waals surface area contributed by atoms with Crippen LogP contribution in [0, 0.1) is 17.0 Å². The summed E-state index contributed by atoms with van der Waals surface area (Å²) in [6.45, 7) is 1.75. The van der Waals surface area contributed by atoms with Gasteiger partial charge in [0.05, 0.1) is 16.0 Å². The molecule has 4 rings (SSSR count). The van der Waals surface area contributed by atoms with Crippen LogP contribution in [0.2, 0.25) is 0 Å². The summed E-state index contributed by atoms with van der Waals surface area (Å²) in [6.07, 6.45) is 0. The van der Waals surface area contributed by atoms with Gasteiger partial charge in [0, 0.05) is 11.5 Å². The van der Waals surface area contributed by atoms with Crippen molar-refractivity contribution in [2.75, 3.05) is 0 Å². The number of para-hydroxylation sites is 2. The van der Waals surface area contributed by atoms with Gasteiger partial charge in [0.15, 0.2) is 0 Å². The van der Waals surface area contributed by atoms with Gasteiger partial charge in [-0.3, -0.25) is 10.1 Å². The van der Waals surface area contributed by atoms with Gasteiger partial charge in [-0.25, -0.2) is 9.78 Å². The molecule has 0 saturated heterocycles. The van der Waals surface area contributed by atoms with Gasteiger partial charge in [-0.05, 0) is 36.8 Å². The molecule has 0 bridgehead atoms. The largest absolute Gasteiger partial charge is 0.415 e. The summed E-state index contributed by atoms with van der Waals surface area (Å²) < 4.78 is 5.23. The smallest absolute Gasteiger partial charge is 0.347 e. The lowest BCUT2D eigenvalue weighted by molar-refractivity contribution is -0.383. The van der Waals surface area contributed by atoms with E-state index in [9.17, 15) is 14.9 Å². The molecular weight excluding hydrogens is 310 g/mol. The van der Waals surface area contributed by atoms with E-state index in [4.69, 9.17) is 4.42 Å². The van der Waals surface area contributed by atoms with Crippen molar-refractivity contribution >= 4 is 27.7 Å². The predicted octanol–water partition coefficient (Wildman–Crippen LogP) is 3.55. The topological polar surface area (TPSA) is 102 Å². The first-order valence-corrected chi connectivity index (χ1v) is 7.21. The van der Waals surface area contributed by atoms with E-state index in [1.54, 1.807) is 19.1 Å². The Morgan fingerprint density at radius 2 is 2.00 bits per heavy atom. The Morgan fingerprint density at radius 1 is 1.21 bits per heavy atom. The number of aromatic amines is 1. The number of imidazole rings is 1. The van der Waals surface area contributed by atoms with Crippen LogP contribution in [-0.4, -0.2) is 14.9 Å². The minimum Gasteiger partial charge on any atom is -0.415 e. The SMILES string of the molecule is Cc1cc([N+](=O)[O-])c2oc(=O)c(-c3nc4ccccc4[nH]3)cc2c1. The second-order valence-corrected chi connectivity index (χ2v) is 5.51. The molecule has 4 aromatic rings. The highest BCUT2D eigenvalue weighted by Gasteiger charge is 2.19. The lowest BCUT2D eigenvalue weighted by Crippen LogP contribution is -2.05. The van der Waals surface area contributed by atoms with E-state index >= 15 is 0 Å². The molecule has 0 aliphatic carbocycles. The van der Waals surface area contributed by atoms with Crippen LogP contribution < -0.4 is 5.63 Å². The van der Waals surface area contributed by atoms with Crippen molar-refractivity contribution in [2.24, 2.45) is 0 Å². The number of aromatic nitrogens is 2.